The minimum absolute atomic E-state index is 0.151. The Morgan fingerprint density at radius 2 is 1.48 bits per heavy atom. The van der Waals surface area contributed by atoms with E-state index in [9.17, 15) is 4.79 Å². The van der Waals surface area contributed by atoms with Crippen LogP contribution in [0.4, 0.5) is 5.69 Å². The lowest BCUT2D eigenvalue weighted by atomic mass is 9.63. The lowest BCUT2D eigenvalue weighted by Crippen LogP contribution is -2.53. The number of benzene rings is 3. The largest absolute Gasteiger partial charge is 0.311 e. The number of nitrogens with zero attached hydrogens (tertiary/aromatic N) is 3. The fraction of sp³-hybridized carbons (Fsp3) is 0.345. The highest BCUT2D eigenvalue weighted by Gasteiger charge is 2.73. The smallest absolute Gasteiger partial charge is 0.239 e. The van der Waals surface area contributed by atoms with Crippen LogP contribution in [0.25, 0.3) is 21.8 Å². The summed E-state index contributed by atoms with van der Waals surface area (Å²) in [5, 5.41) is 2.25. The van der Waals surface area contributed by atoms with Crippen molar-refractivity contribution in [2.24, 2.45) is 5.41 Å². The fourth-order valence-corrected chi connectivity index (χ4v) is 6.62. The first-order valence-electron chi connectivity index (χ1n) is 11.9. The van der Waals surface area contributed by atoms with Crippen molar-refractivity contribution >= 4 is 33.4 Å². The number of hydrogen-bond donors (Lipinski definition) is 0. The third kappa shape index (κ3) is 2.34. The topological polar surface area (TPSA) is 46.1 Å². The Morgan fingerprint density at radius 1 is 0.848 bits per heavy atom. The highest BCUT2D eigenvalue weighted by Crippen LogP contribution is 2.70. The van der Waals surface area contributed by atoms with E-state index in [1.54, 1.807) is 0 Å². The van der Waals surface area contributed by atoms with Crippen LogP contribution in [0.2, 0.25) is 0 Å². The van der Waals surface area contributed by atoms with Gasteiger partial charge in [0.1, 0.15) is 0 Å². The van der Waals surface area contributed by atoms with E-state index >= 15 is 0 Å². The van der Waals surface area contributed by atoms with Crippen LogP contribution in [0.5, 0.6) is 0 Å². The predicted octanol–water partition coefficient (Wildman–Crippen LogP) is 6.17. The van der Waals surface area contributed by atoms with Crippen LogP contribution in [0.1, 0.15) is 51.9 Å². The first-order valence-corrected chi connectivity index (χ1v) is 11.9. The molecule has 2 aliphatic rings. The number of hydrogen-bond acceptors (Lipinski definition) is 3. The number of carbonyl (C=O) groups excluding carboxylic acids is 1. The predicted molar refractivity (Wildman–Crippen MR) is 134 cm³/mol. The Bertz CT molecular complexity index is 1440. The monoisotopic (exact) mass is 435 g/mol. The van der Waals surface area contributed by atoms with Gasteiger partial charge in [0, 0.05) is 17.3 Å². The van der Waals surface area contributed by atoms with Gasteiger partial charge in [0.05, 0.1) is 33.5 Å². The molecule has 1 amide bonds. The first-order chi connectivity index (χ1) is 15.8. The van der Waals surface area contributed by atoms with E-state index in [4.69, 9.17) is 9.97 Å². The third-order valence-electron chi connectivity index (χ3n) is 8.93. The van der Waals surface area contributed by atoms with Crippen molar-refractivity contribution < 1.29 is 4.79 Å². The standard InChI is InChI=1S/C29H29N3O/c1-5-32(23-16-10-12-19-11-6-7-13-20(19)23)26(33)29-18-17-28(4,27(29,2)3)24-25(29)31-22-15-9-8-14-21(22)30-24/h6-16H,5,17-18H2,1-4H3. The molecule has 0 aliphatic heterocycles. The number of rotatable bonds is 3. The number of fused-ring (bicyclic) bond motifs is 7. The van der Waals surface area contributed by atoms with Gasteiger partial charge in [-0.05, 0) is 48.8 Å². The van der Waals surface area contributed by atoms with Crippen molar-refractivity contribution in [3.05, 3.63) is 78.1 Å². The van der Waals surface area contributed by atoms with Crippen LogP contribution in [0.3, 0.4) is 0 Å². The molecule has 6 rings (SSSR count). The van der Waals surface area contributed by atoms with Gasteiger partial charge in [0.2, 0.25) is 5.91 Å². The van der Waals surface area contributed by atoms with Gasteiger partial charge in [-0.15, -0.1) is 0 Å². The fourth-order valence-electron chi connectivity index (χ4n) is 6.62. The molecule has 0 saturated heterocycles. The molecule has 0 radical (unpaired) electrons. The summed E-state index contributed by atoms with van der Waals surface area (Å²) in [5.41, 5.74) is 3.47. The molecule has 1 heterocycles. The van der Waals surface area contributed by atoms with Gasteiger partial charge >= 0.3 is 0 Å². The Hall–Kier alpha value is -3.27. The van der Waals surface area contributed by atoms with Gasteiger partial charge in [0.15, 0.2) is 0 Å². The number of amides is 1. The second-order valence-corrected chi connectivity index (χ2v) is 10.3. The van der Waals surface area contributed by atoms with Gasteiger partial charge in [-0.1, -0.05) is 69.3 Å². The molecule has 33 heavy (non-hydrogen) atoms. The molecule has 2 bridgehead atoms. The van der Waals surface area contributed by atoms with Gasteiger partial charge in [0.25, 0.3) is 0 Å². The number of likely N-dealkylation sites (N-methyl/N-ethyl adjacent to an activating group) is 1. The van der Waals surface area contributed by atoms with Crippen molar-refractivity contribution in [3.63, 3.8) is 0 Å². The lowest BCUT2D eigenvalue weighted by Gasteiger charge is -2.42. The summed E-state index contributed by atoms with van der Waals surface area (Å²) >= 11 is 0. The van der Waals surface area contributed by atoms with Gasteiger partial charge in [-0.25, -0.2) is 9.97 Å². The molecular weight excluding hydrogens is 406 g/mol. The Balaban J connectivity index is 1.59. The molecule has 2 atom stereocenters. The molecule has 3 aromatic carbocycles. The maximum Gasteiger partial charge on any atom is 0.239 e. The molecule has 0 N–H and O–H groups in total. The van der Waals surface area contributed by atoms with Gasteiger partial charge in [-0.3, -0.25) is 4.79 Å². The second kappa shape index (κ2) is 6.63. The molecule has 2 aliphatic carbocycles. The van der Waals surface area contributed by atoms with Gasteiger partial charge in [-0.2, -0.15) is 0 Å². The van der Waals surface area contributed by atoms with Crippen molar-refractivity contribution in [2.75, 3.05) is 11.4 Å². The highest BCUT2D eigenvalue weighted by atomic mass is 16.2. The molecule has 1 aromatic heterocycles. The Morgan fingerprint density at radius 3 is 2.21 bits per heavy atom. The first kappa shape index (κ1) is 20.3. The van der Waals surface area contributed by atoms with Crippen LogP contribution < -0.4 is 4.90 Å². The lowest BCUT2D eigenvalue weighted by molar-refractivity contribution is -0.127. The number of para-hydroxylation sites is 2. The number of aromatic nitrogens is 2. The summed E-state index contributed by atoms with van der Waals surface area (Å²) < 4.78 is 0. The van der Waals surface area contributed by atoms with Crippen molar-refractivity contribution in [1.82, 2.24) is 9.97 Å². The van der Waals surface area contributed by atoms with Crippen LogP contribution in [0, 0.1) is 5.41 Å². The maximum absolute atomic E-state index is 14.7. The maximum atomic E-state index is 14.7. The zero-order valence-corrected chi connectivity index (χ0v) is 19.7. The minimum Gasteiger partial charge on any atom is -0.311 e. The van der Waals surface area contributed by atoms with Crippen LogP contribution in [0.15, 0.2) is 66.7 Å². The normalized spacial score (nSPS) is 24.8. The molecule has 166 valence electrons. The quantitative estimate of drug-likeness (QED) is 0.387. The average Bonchev–Trinajstić information content (AvgIpc) is 3.13. The van der Waals surface area contributed by atoms with E-state index in [-0.39, 0.29) is 16.7 Å². The van der Waals surface area contributed by atoms with Gasteiger partial charge < -0.3 is 4.90 Å². The van der Waals surface area contributed by atoms with E-state index in [2.05, 4.69) is 52.0 Å². The number of anilines is 1. The van der Waals surface area contributed by atoms with Crippen LogP contribution >= 0.6 is 0 Å². The summed E-state index contributed by atoms with van der Waals surface area (Å²) in [6, 6.07) is 22.6. The zero-order chi connectivity index (χ0) is 23.0. The van der Waals surface area contributed by atoms with Crippen molar-refractivity contribution in [2.45, 2.75) is 51.4 Å². The molecule has 2 unspecified atom stereocenters. The van der Waals surface area contributed by atoms with Crippen molar-refractivity contribution in [1.29, 1.82) is 0 Å². The van der Waals surface area contributed by atoms with Crippen LogP contribution in [-0.4, -0.2) is 22.4 Å². The zero-order valence-electron chi connectivity index (χ0n) is 19.7. The summed E-state index contributed by atoms with van der Waals surface area (Å²) in [7, 11) is 0. The third-order valence-corrected chi connectivity index (χ3v) is 8.93. The SMILES string of the molecule is CCN(C(=O)C12CCC(C)(c3nc4ccccc4nc31)C2(C)C)c1cccc2ccccc12. The minimum atomic E-state index is -0.693. The molecule has 4 aromatic rings. The summed E-state index contributed by atoms with van der Waals surface area (Å²) in [4.78, 5) is 26.9. The van der Waals surface area contributed by atoms with E-state index in [1.807, 2.05) is 47.4 Å². The summed E-state index contributed by atoms with van der Waals surface area (Å²) in [5.74, 6) is 0.151. The molecule has 4 nitrogen and oxygen atoms in total. The van der Waals surface area contributed by atoms with E-state index in [1.165, 1.54) is 0 Å². The number of carbonyl (C=O) groups is 1. The summed E-state index contributed by atoms with van der Waals surface area (Å²) in [6.07, 6.45) is 1.75. The molecule has 1 saturated carbocycles. The van der Waals surface area contributed by atoms with E-state index in [0.29, 0.717) is 6.54 Å². The molecule has 1 fully saturated rings. The van der Waals surface area contributed by atoms with Crippen molar-refractivity contribution in [3.8, 4) is 0 Å². The molecule has 0 spiro atoms. The average molecular weight is 436 g/mol. The Labute approximate surface area is 194 Å². The Kier molecular flexibility index (Phi) is 4.09. The van der Waals surface area contributed by atoms with E-state index < -0.39 is 5.41 Å². The molecular formula is C29H29N3O. The van der Waals surface area contributed by atoms with E-state index in [0.717, 1.165) is 51.7 Å². The highest BCUT2D eigenvalue weighted by molar-refractivity contribution is 6.09. The summed E-state index contributed by atoms with van der Waals surface area (Å²) in [6.45, 7) is 9.47. The van der Waals surface area contributed by atoms with Crippen LogP contribution in [-0.2, 0) is 15.6 Å². The molecule has 4 heteroatoms. The second-order valence-electron chi connectivity index (χ2n) is 10.3.